The number of benzene rings is 1. The molecule has 1 aromatic rings. The number of amidine groups is 1. The standard InChI is InChI=1S/C14H17N3OS/c1-3-11(2)15-16-14-17(13(18)10-19-14)9-12-7-5-4-6-8-12/h4-8H,3,9-10H2,1-2H3/b15-11+,16-14+. The fraction of sp³-hybridized carbons (Fsp3) is 0.357. The van der Waals surface area contributed by atoms with Crippen LogP contribution >= 0.6 is 11.8 Å². The van der Waals surface area contributed by atoms with Gasteiger partial charge in [-0.3, -0.25) is 9.69 Å². The maximum atomic E-state index is 11.9. The molecule has 1 amide bonds. The minimum absolute atomic E-state index is 0.0944. The van der Waals surface area contributed by atoms with Gasteiger partial charge in [0.25, 0.3) is 0 Å². The summed E-state index contributed by atoms with van der Waals surface area (Å²) in [4.78, 5) is 13.6. The van der Waals surface area contributed by atoms with E-state index in [2.05, 4.69) is 10.2 Å². The molecule has 1 aromatic carbocycles. The lowest BCUT2D eigenvalue weighted by atomic mass is 10.2. The van der Waals surface area contributed by atoms with Crippen LogP contribution in [0.15, 0.2) is 40.5 Å². The first-order valence-electron chi connectivity index (χ1n) is 6.29. The Labute approximate surface area is 117 Å². The average Bonchev–Trinajstić information content (AvgIpc) is 2.78. The lowest BCUT2D eigenvalue weighted by Crippen LogP contribution is -2.28. The molecule has 4 nitrogen and oxygen atoms in total. The molecule has 0 aromatic heterocycles. The first kappa shape index (κ1) is 13.8. The van der Waals surface area contributed by atoms with Crippen molar-refractivity contribution < 1.29 is 4.79 Å². The highest BCUT2D eigenvalue weighted by atomic mass is 32.2. The molecule has 1 aliphatic heterocycles. The predicted octanol–water partition coefficient (Wildman–Crippen LogP) is 2.90. The van der Waals surface area contributed by atoms with E-state index in [1.54, 1.807) is 4.90 Å². The van der Waals surface area contributed by atoms with Crippen molar-refractivity contribution in [1.29, 1.82) is 0 Å². The Hall–Kier alpha value is -1.62. The lowest BCUT2D eigenvalue weighted by Gasteiger charge is -2.15. The van der Waals surface area contributed by atoms with Crippen LogP contribution in [0.4, 0.5) is 0 Å². The van der Waals surface area contributed by atoms with E-state index in [4.69, 9.17) is 0 Å². The van der Waals surface area contributed by atoms with Gasteiger partial charge in [-0.2, -0.15) is 5.10 Å². The van der Waals surface area contributed by atoms with Crippen LogP contribution in [-0.4, -0.2) is 27.4 Å². The second-order valence-electron chi connectivity index (χ2n) is 4.33. The Morgan fingerprint density at radius 1 is 1.37 bits per heavy atom. The molecule has 0 atom stereocenters. The highest BCUT2D eigenvalue weighted by Gasteiger charge is 2.28. The normalized spacial score (nSPS) is 18.4. The number of hydrogen-bond donors (Lipinski definition) is 0. The van der Waals surface area contributed by atoms with Gasteiger partial charge in [-0.15, -0.1) is 5.10 Å². The molecule has 0 spiro atoms. The number of amides is 1. The summed E-state index contributed by atoms with van der Waals surface area (Å²) < 4.78 is 0. The molecular formula is C14H17N3OS. The Balaban J connectivity index is 2.14. The topological polar surface area (TPSA) is 45.0 Å². The second kappa shape index (κ2) is 6.52. The zero-order chi connectivity index (χ0) is 13.7. The summed E-state index contributed by atoms with van der Waals surface area (Å²) in [6.45, 7) is 4.53. The number of hydrogen-bond acceptors (Lipinski definition) is 4. The fourth-order valence-electron chi connectivity index (χ4n) is 1.59. The molecule has 0 N–H and O–H groups in total. The van der Waals surface area contributed by atoms with Crippen molar-refractivity contribution >= 4 is 28.5 Å². The van der Waals surface area contributed by atoms with Crippen LogP contribution < -0.4 is 0 Å². The summed E-state index contributed by atoms with van der Waals surface area (Å²) in [5, 5.41) is 9.03. The molecule has 2 rings (SSSR count). The van der Waals surface area contributed by atoms with Gasteiger partial charge < -0.3 is 0 Å². The third kappa shape index (κ3) is 3.67. The molecule has 5 heteroatoms. The molecule has 0 saturated carbocycles. The highest BCUT2D eigenvalue weighted by molar-refractivity contribution is 8.15. The summed E-state index contributed by atoms with van der Waals surface area (Å²) in [6.07, 6.45) is 0.869. The lowest BCUT2D eigenvalue weighted by molar-refractivity contribution is -0.124. The van der Waals surface area contributed by atoms with Crippen LogP contribution in [0.25, 0.3) is 0 Å². The van der Waals surface area contributed by atoms with Gasteiger partial charge in [-0.05, 0) is 18.9 Å². The Morgan fingerprint density at radius 2 is 2.11 bits per heavy atom. The first-order valence-corrected chi connectivity index (χ1v) is 7.27. The van der Waals surface area contributed by atoms with Crippen LogP contribution in [-0.2, 0) is 11.3 Å². The van der Waals surface area contributed by atoms with E-state index in [9.17, 15) is 4.79 Å². The van der Waals surface area contributed by atoms with Crippen LogP contribution in [0, 0.1) is 0 Å². The van der Waals surface area contributed by atoms with Crippen molar-refractivity contribution in [3.8, 4) is 0 Å². The summed E-state index contributed by atoms with van der Waals surface area (Å²) in [5.41, 5.74) is 2.06. The fourth-order valence-corrected chi connectivity index (χ4v) is 2.42. The third-order valence-electron chi connectivity index (χ3n) is 2.86. The van der Waals surface area contributed by atoms with E-state index >= 15 is 0 Å². The molecule has 1 aliphatic rings. The molecule has 0 aliphatic carbocycles. The Morgan fingerprint density at radius 3 is 2.79 bits per heavy atom. The van der Waals surface area contributed by atoms with Gasteiger partial charge >= 0.3 is 0 Å². The van der Waals surface area contributed by atoms with Gasteiger partial charge in [-0.25, -0.2) is 0 Å². The zero-order valence-corrected chi connectivity index (χ0v) is 12.0. The SMILES string of the molecule is CC/C(C)=N/N=C1/SCC(=O)N1Cc1ccccc1. The summed E-state index contributed by atoms with van der Waals surface area (Å²) >= 11 is 1.45. The van der Waals surface area contributed by atoms with Crippen molar-refractivity contribution in [3.05, 3.63) is 35.9 Å². The molecule has 0 bridgehead atoms. The number of thioether (sulfide) groups is 1. The van der Waals surface area contributed by atoms with Crippen LogP contribution in [0.1, 0.15) is 25.8 Å². The third-order valence-corrected chi connectivity index (χ3v) is 3.81. The number of carbonyl (C=O) groups is 1. The summed E-state index contributed by atoms with van der Waals surface area (Å²) in [7, 11) is 0. The molecule has 0 unspecified atom stereocenters. The van der Waals surface area contributed by atoms with Crippen molar-refractivity contribution in [2.24, 2.45) is 10.2 Å². The van der Waals surface area contributed by atoms with Crippen molar-refractivity contribution in [2.75, 3.05) is 5.75 Å². The average molecular weight is 275 g/mol. The van der Waals surface area contributed by atoms with Crippen LogP contribution in [0.3, 0.4) is 0 Å². The van der Waals surface area contributed by atoms with Crippen LogP contribution in [0.5, 0.6) is 0 Å². The largest absolute Gasteiger partial charge is 0.285 e. The smallest absolute Gasteiger partial charge is 0.239 e. The van der Waals surface area contributed by atoms with E-state index in [1.165, 1.54) is 11.8 Å². The maximum absolute atomic E-state index is 11.9. The molecule has 1 heterocycles. The molecular weight excluding hydrogens is 258 g/mol. The molecule has 100 valence electrons. The van der Waals surface area contributed by atoms with Gasteiger partial charge in [-0.1, -0.05) is 49.0 Å². The summed E-state index contributed by atoms with van der Waals surface area (Å²) in [6, 6.07) is 9.93. The van der Waals surface area contributed by atoms with Gasteiger partial charge in [0.2, 0.25) is 5.91 Å². The van der Waals surface area contributed by atoms with E-state index in [0.717, 1.165) is 17.7 Å². The predicted molar refractivity (Wildman–Crippen MR) is 80.3 cm³/mol. The van der Waals surface area contributed by atoms with Gasteiger partial charge in [0.05, 0.1) is 12.3 Å². The van der Waals surface area contributed by atoms with Crippen molar-refractivity contribution in [2.45, 2.75) is 26.8 Å². The molecule has 0 radical (unpaired) electrons. The van der Waals surface area contributed by atoms with E-state index in [1.807, 2.05) is 44.2 Å². The second-order valence-corrected chi connectivity index (χ2v) is 5.27. The minimum atomic E-state index is 0.0944. The van der Waals surface area contributed by atoms with Gasteiger partial charge in [0.1, 0.15) is 0 Å². The monoisotopic (exact) mass is 275 g/mol. The first-order chi connectivity index (χ1) is 9.20. The van der Waals surface area contributed by atoms with Crippen molar-refractivity contribution in [3.63, 3.8) is 0 Å². The highest BCUT2D eigenvalue weighted by Crippen LogP contribution is 2.22. The van der Waals surface area contributed by atoms with Gasteiger partial charge in [0.15, 0.2) is 5.17 Å². The van der Waals surface area contributed by atoms with Crippen molar-refractivity contribution in [1.82, 2.24) is 4.90 Å². The van der Waals surface area contributed by atoms with E-state index in [0.29, 0.717) is 17.5 Å². The van der Waals surface area contributed by atoms with E-state index in [-0.39, 0.29) is 5.91 Å². The van der Waals surface area contributed by atoms with Gasteiger partial charge in [0, 0.05) is 5.71 Å². The number of carbonyl (C=O) groups excluding carboxylic acids is 1. The minimum Gasteiger partial charge on any atom is -0.285 e. The molecule has 19 heavy (non-hydrogen) atoms. The molecule has 1 saturated heterocycles. The van der Waals surface area contributed by atoms with E-state index < -0.39 is 0 Å². The van der Waals surface area contributed by atoms with Crippen LogP contribution in [0.2, 0.25) is 0 Å². The maximum Gasteiger partial charge on any atom is 0.239 e. The summed E-state index contributed by atoms with van der Waals surface area (Å²) in [5.74, 6) is 0.545. The zero-order valence-electron chi connectivity index (χ0n) is 11.2. The Kier molecular flexibility index (Phi) is 4.74. The number of rotatable bonds is 4. The quantitative estimate of drug-likeness (QED) is 0.626. The Bertz CT molecular complexity index is 511. The number of nitrogens with zero attached hydrogens (tertiary/aromatic N) is 3. The molecule has 1 fully saturated rings.